The summed E-state index contributed by atoms with van der Waals surface area (Å²) in [5.74, 6) is -0.200. The van der Waals surface area contributed by atoms with Gasteiger partial charge in [-0.15, -0.1) is 0 Å². The number of allylic oxidation sites excluding steroid dienone is 7. The van der Waals surface area contributed by atoms with Gasteiger partial charge in [0.25, 0.3) is 0 Å². The van der Waals surface area contributed by atoms with Gasteiger partial charge < -0.3 is 19.8 Å². The Morgan fingerprint density at radius 1 is 0.524 bits per heavy atom. The largest absolute Gasteiger partial charge is 0.472 e. The van der Waals surface area contributed by atoms with Crippen LogP contribution in [0.5, 0.6) is 0 Å². The monoisotopic (exact) mass is 908 g/mol. The predicted molar refractivity (Wildman–Crippen MR) is 272 cm³/mol. The molecule has 0 saturated heterocycles. The molecule has 0 saturated carbocycles. The van der Waals surface area contributed by atoms with Crippen molar-refractivity contribution in [2.75, 3.05) is 40.9 Å². The number of hydrogen-bond donors (Lipinski definition) is 3. The summed E-state index contributed by atoms with van der Waals surface area (Å²) >= 11 is 0. The van der Waals surface area contributed by atoms with Crippen LogP contribution in [0.15, 0.2) is 48.6 Å². The Morgan fingerprint density at radius 3 is 1.27 bits per heavy atom. The molecule has 1 amide bonds. The van der Waals surface area contributed by atoms with Crippen molar-refractivity contribution in [2.45, 2.75) is 251 Å². The lowest BCUT2D eigenvalue weighted by atomic mass is 10.0. The van der Waals surface area contributed by atoms with Crippen LogP contribution in [0.3, 0.4) is 0 Å². The van der Waals surface area contributed by atoms with Crippen LogP contribution in [0.25, 0.3) is 0 Å². The van der Waals surface area contributed by atoms with Crippen LogP contribution in [0.1, 0.15) is 239 Å². The minimum atomic E-state index is -4.36. The maximum absolute atomic E-state index is 12.9. The summed E-state index contributed by atoms with van der Waals surface area (Å²) in [6, 6.07) is -0.874. The van der Waals surface area contributed by atoms with Crippen molar-refractivity contribution in [3.05, 3.63) is 48.6 Å². The number of carbonyl (C=O) groups is 1. The van der Waals surface area contributed by atoms with Crippen LogP contribution < -0.4 is 5.32 Å². The van der Waals surface area contributed by atoms with Gasteiger partial charge in [-0.2, -0.15) is 0 Å². The maximum atomic E-state index is 12.9. The minimum Gasteiger partial charge on any atom is -0.387 e. The Kier molecular flexibility index (Phi) is 44.5. The standard InChI is InChI=1S/C54H103N2O6P/c1-6-8-10-12-14-16-18-20-22-23-24-25-26-27-28-29-30-31-32-34-35-37-39-41-43-45-47-53(57)52(51-62-63(59,60)61-50-49-56(3,4)5)55-54(58)48-46-44-42-40-38-36-33-21-19-17-15-13-11-9-7-2/h21,31-33,37,39,45,47,52-53,57H,6-20,22-30,34-36,38,40-44,46,48-51H2,1-5H3,(H-,55,58,59,60)/p+1/b32-31+,33-21-,39-37+,47-45+. The number of likely N-dealkylation sites (N-methyl/N-ethyl adjacent to an activating group) is 1. The summed E-state index contributed by atoms with van der Waals surface area (Å²) < 4.78 is 23.6. The number of phosphoric ester groups is 1. The highest BCUT2D eigenvalue weighted by Crippen LogP contribution is 2.43. The Balaban J connectivity index is 4.33. The molecule has 0 aromatic rings. The average molecular weight is 908 g/mol. The molecule has 3 atom stereocenters. The predicted octanol–water partition coefficient (Wildman–Crippen LogP) is 15.6. The van der Waals surface area contributed by atoms with Crippen molar-refractivity contribution in [3.63, 3.8) is 0 Å². The lowest BCUT2D eigenvalue weighted by Crippen LogP contribution is -2.45. The van der Waals surface area contributed by atoms with Crippen LogP contribution in [-0.2, 0) is 18.4 Å². The van der Waals surface area contributed by atoms with Crippen molar-refractivity contribution in [3.8, 4) is 0 Å². The lowest BCUT2D eigenvalue weighted by Gasteiger charge is -2.25. The second-order valence-corrected chi connectivity index (χ2v) is 20.7. The molecule has 0 rings (SSSR count). The molecule has 0 aliphatic heterocycles. The number of nitrogens with zero attached hydrogens (tertiary/aromatic N) is 1. The third-order valence-corrected chi connectivity index (χ3v) is 12.7. The SMILES string of the molecule is CCCCCCCC/C=C\CCCCCCCC(=O)NC(COP(=O)(O)OCC[N+](C)(C)C)C(O)/C=C/CC/C=C/CC/C=C/CCCCCCCCCCCCCCCCCC. The fourth-order valence-corrected chi connectivity index (χ4v) is 8.27. The third-order valence-electron chi connectivity index (χ3n) is 11.7. The van der Waals surface area contributed by atoms with E-state index in [0.29, 0.717) is 17.4 Å². The van der Waals surface area contributed by atoms with E-state index in [9.17, 15) is 19.4 Å². The van der Waals surface area contributed by atoms with Crippen LogP contribution in [0.2, 0.25) is 0 Å². The lowest BCUT2D eigenvalue weighted by molar-refractivity contribution is -0.870. The molecule has 0 aliphatic carbocycles. The van der Waals surface area contributed by atoms with E-state index < -0.39 is 20.0 Å². The molecule has 0 aliphatic rings. The van der Waals surface area contributed by atoms with Crippen molar-refractivity contribution >= 4 is 13.7 Å². The van der Waals surface area contributed by atoms with E-state index in [1.54, 1.807) is 6.08 Å². The van der Waals surface area contributed by atoms with Crippen LogP contribution >= 0.6 is 7.82 Å². The molecule has 9 heteroatoms. The molecule has 3 unspecified atom stereocenters. The van der Waals surface area contributed by atoms with Gasteiger partial charge in [0.2, 0.25) is 5.91 Å². The summed E-state index contributed by atoms with van der Waals surface area (Å²) in [6.07, 6.45) is 59.2. The van der Waals surface area contributed by atoms with Gasteiger partial charge in [0.1, 0.15) is 13.2 Å². The van der Waals surface area contributed by atoms with Gasteiger partial charge in [0.15, 0.2) is 0 Å². The number of quaternary nitrogens is 1. The summed E-state index contributed by atoms with van der Waals surface area (Å²) in [5, 5.41) is 13.9. The molecule has 0 spiro atoms. The third kappa shape index (κ3) is 48.2. The summed E-state index contributed by atoms with van der Waals surface area (Å²) in [4.78, 5) is 23.2. The molecule has 8 nitrogen and oxygen atoms in total. The van der Waals surface area contributed by atoms with Crippen molar-refractivity contribution in [1.82, 2.24) is 5.32 Å². The molecule has 0 fully saturated rings. The molecule has 0 aromatic carbocycles. The van der Waals surface area contributed by atoms with E-state index in [-0.39, 0.29) is 19.1 Å². The second kappa shape index (κ2) is 45.6. The molecule has 0 heterocycles. The fraction of sp³-hybridized carbons (Fsp3) is 0.833. The number of rotatable bonds is 48. The molecule has 0 radical (unpaired) electrons. The Hall–Kier alpha value is -1.54. The highest BCUT2D eigenvalue weighted by Gasteiger charge is 2.27. The van der Waals surface area contributed by atoms with Gasteiger partial charge in [0, 0.05) is 6.42 Å². The molecule has 370 valence electrons. The summed E-state index contributed by atoms with van der Waals surface area (Å²) in [5.41, 5.74) is 0. The number of nitrogens with one attached hydrogen (secondary N) is 1. The number of aliphatic hydroxyl groups is 1. The van der Waals surface area contributed by atoms with E-state index in [4.69, 9.17) is 9.05 Å². The Bertz CT molecular complexity index is 1170. The molecule has 63 heavy (non-hydrogen) atoms. The fourth-order valence-electron chi connectivity index (χ4n) is 7.54. The van der Waals surface area contributed by atoms with Crippen LogP contribution in [0.4, 0.5) is 0 Å². The average Bonchev–Trinajstić information content (AvgIpc) is 3.24. The van der Waals surface area contributed by atoms with E-state index in [1.165, 1.54) is 161 Å². The Morgan fingerprint density at radius 2 is 0.873 bits per heavy atom. The number of carbonyl (C=O) groups excluding carboxylic acids is 1. The quantitative estimate of drug-likeness (QED) is 0.0243. The van der Waals surface area contributed by atoms with Gasteiger partial charge in [-0.3, -0.25) is 13.8 Å². The zero-order chi connectivity index (χ0) is 46.4. The second-order valence-electron chi connectivity index (χ2n) is 19.2. The highest BCUT2D eigenvalue weighted by atomic mass is 31.2. The van der Waals surface area contributed by atoms with E-state index >= 15 is 0 Å². The van der Waals surface area contributed by atoms with Gasteiger partial charge in [-0.25, -0.2) is 4.57 Å². The number of amides is 1. The van der Waals surface area contributed by atoms with Crippen LogP contribution in [-0.4, -0.2) is 73.4 Å². The van der Waals surface area contributed by atoms with Crippen molar-refractivity contribution < 1.29 is 32.9 Å². The number of unbranched alkanes of at least 4 members (excludes halogenated alkanes) is 29. The Labute approximate surface area is 390 Å². The normalized spacial score (nSPS) is 14.5. The first kappa shape index (κ1) is 61.5. The number of hydrogen-bond acceptors (Lipinski definition) is 5. The highest BCUT2D eigenvalue weighted by molar-refractivity contribution is 7.47. The van der Waals surface area contributed by atoms with E-state index in [0.717, 1.165) is 57.8 Å². The maximum Gasteiger partial charge on any atom is 0.472 e. The first-order valence-electron chi connectivity index (χ1n) is 26.5. The van der Waals surface area contributed by atoms with Gasteiger partial charge in [-0.1, -0.05) is 210 Å². The molecular weight excluding hydrogens is 804 g/mol. The van der Waals surface area contributed by atoms with E-state index in [2.05, 4.69) is 55.6 Å². The molecule has 0 bridgehead atoms. The smallest absolute Gasteiger partial charge is 0.387 e. The van der Waals surface area contributed by atoms with Gasteiger partial charge >= 0.3 is 7.82 Å². The first-order chi connectivity index (χ1) is 30.5. The minimum absolute atomic E-state index is 0.0512. The number of phosphoric acid groups is 1. The summed E-state index contributed by atoms with van der Waals surface area (Å²) in [7, 11) is 1.54. The number of aliphatic hydroxyl groups excluding tert-OH is 1. The van der Waals surface area contributed by atoms with Gasteiger partial charge in [-0.05, 0) is 70.6 Å². The van der Waals surface area contributed by atoms with Crippen molar-refractivity contribution in [2.24, 2.45) is 0 Å². The van der Waals surface area contributed by atoms with Gasteiger partial charge in [0.05, 0.1) is 39.9 Å². The zero-order valence-corrected chi connectivity index (χ0v) is 43.0. The van der Waals surface area contributed by atoms with Crippen LogP contribution in [0, 0.1) is 0 Å². The van der Waals surface area contributed by atoms with E-state index in [1.807, 2.05) is 27.2 Å². The molecule has 0 aromatic heterocycles. The molecular formula is C54H104N2O6P+. The summed E-state index contributed by atoms with van der Waals surface area (Å²) in [6.45, 7) is 4.78. The molecule has 3 N–H and O–H groups in total. The first-order valence-corrected chi connectivity index (χ1v) is 28.0. The van der Waals surface area contributed by atoms with Crippen molar-refractivity contribution in [1.29, 1.82) is 0 Å². The zero-order valence-electron chi connectivity index (χ0n) is 42.1. The topological polar surface area (TPSA) is 105 Å².